The van der Waals surface area contributed by atoms with Crippen molar-refractivity contribution in [2.24, 2.45) is 0 Å². The molecule has 5 heteroatoms. The van der Waals surface area contributed by atoms with Gasteiger partial charge in [0.15, 0.2) is 5.82 Å². The van der Waals surface area contributed by atoms with Crippen LogP contribution in [0.5, 0.6) is 0 Å². The molecule has 0 heterocycles. The molecule has 0 unspecified atom stereocenters. The van der Waals surface area contributed by atoms with Crippen molar-refractivity contribution in [1.82, 2.24) is 0 Å². The van der Waals surface area contributed by atoms with E-state index in [1.807, 2.05) is 0 Å². The van der Waals surface area contributed by atoms with E-state index in [0.29, 0.717) is 0 Å². The Kier molecular flexibility index (Phi) is 3.88. The Hall–Kier alpha value is -0.720. The number of esters is 1. The third kappa shape index (κ3) is 3.13. The molecule has 0 bridgehead atoms. The summed E-state index contributed by atoms with van der Waals surface area (Å²) in [5.74, 6) is -2.36. The second kappa shape index (κ2) is 4.65. The smallest absolute Gasteiger partial charge is 0.341 e. The summed E-state index contributed by atoms with van der Waals surface area (Å²) in [7, 11) is 0. The molecule has 0 aliphatic rings. The molecule has 0 aliphatic carbocycles. The van der Waals surface area contributed by atoms with Crippen molar-refractivity contribution in [2.45, 2.75) is 26.4 Å². The summed E-state index contributed by atoms with van der Waals surface area (Å²) in [4.78, 5) is 11.6. The van der Waals surface area contributed by atoms with E-state index in [1.54, 1.807) is 20.8 Å². The first-order valence-electron chi connectivity index (χ1n) is 4.59. The van der Waals surface area contributed by atoms with Gasteiger partial charge < -0.3 is 4.74 Å². The third-order valence-electron chi connectivity index (χ3n) is 1.65. The highest BCUT2D eigenvalue weighted by molar-refractivity contribution is 14.1. The number of benzene rings is 1. The Bertz CT molecular complexity index is 425. The Morgan fingerprint density at radius 2 is 1.88 bits per heavy atom. The van der Waals surface area contributed by atoms with Crippen LogP contribution in [-0.4, -0.2) is 11.6 Å². The number of carbonyl (C=O) groups excluding carboxylic acids is 1. The molecule has 1 rings (SSSR count). The molecule has 0 amide bonds. The maximum Gasteiger partial charge on any atom is 0.341 e. The summed E-state index contributed by atoms with van der Waals surface area (Å²) < 4.78 is 31.3. The van der Waals surface area contributed by atoms with Gasteiger partial charge in [0.2, 0.25) is 0 Å². The fourth-order valence-corrected chi connectivity index (χ4v) is 1.49. The first-order valence-corrected chi connectivity index (χ1v) is 5.67. The third-order valence-corrected chi connectivity index (χ3v) is 2.64. The Labute approximate surface area is 106 Å². The van der Waals surface area contributed by atoms with Crippen LogP contribution in [0.25, 0.3) is 0 Å². The van der Waals surface area contributed by atoms with Crippen molar-refractivity contribution in [1.29, 1.82) is 0 Å². The number of rotatable bonds is 1. The summed E-state index contributed by atoms with van der Waals surface area (Å²) in [6.07, 6.45) is 0. The highest BCUT2D eigenvalue weighted by Gasteiger charge is 2.22. The van der Waals surface area contributed by atoms with Gasteiger partial charge in [-0.1, -0.05) is 0 Å². The van der Waals surface area contributed by atoms with Gasteiger partial charge in [-0.15, -0.1) is 0 Å². The molecule has 16 heavy (non-hydrogen) atoms. The van der Waals surface area contributed by atoms with Crippen LogP contribution in [0.2, 0.25) is 0 Å². The average Bonchev–Trinajstić information content (AvgIpc) is 2.11. The van der Waals surface area contributed by atoms with E-state index in [-0.39, 0.29) is 9.13 Å². The van der Waals surface area contributed by atoms with Crippen LogP contribution in [0.3, 0.4) is 0 Å². The second-order valence-corrected chi connectivity index (χ2v) is 5.30. The van der Waals surface area contributed by atoms with Gasteiger partial charge in [-0.3, -0.25) is 0 Å². The standard InChI is InChI=1S/C11H11F2IO2/c1-11(2,3)16-10(15)6-4-5-7(12)9(14)8(6)13/h4-5H,1-3H3. The first kappa shape index (κ1) is 13.3. The molecule has 0 radical (unpaired) electrons. The van der Waals surface area contributed by atoms with Gasteiger partial charge in [0.05, 0.1) is 9.13 Å². The van der Waals surface area contributed by atoms with E-state index in [1.165, 1.54) is 22.6 Å². The Morgan fingerprint density at radius 3 is 2.38 bits per heavy atom. The lowest BCUT2D eigenvalue weighted by Crippen LogP contribution is -2.24. The lowest BCUT2D eigenvalue weighted by Gasteiger charge is -2.19. The maximum absolute atomic E-state index is 13.5. The summed E-state index contributed by atoms with van der Waals surface area (Å²) in [6, 6.07) is 2.13. The number of halogens is 3. The summed E-state index contributed by atoms with van der Waals surface area (Å²) in [6.45, 7) is 5.03. The average molecular weight is 340 g/mol. The van der Waals surface area contributed by atoms with Crippen LogP contribution >= 0.6 is 22.6 Å². The van der Waals surface area contributed by atoms with Gasteiger partial charge in [0.1, 0.15) is 11.4 Å². The van der Waals surface area contributed by atoms with Gasteiger partial charge >= 0.3 is 5.97 Å². The number of hydrogen-bond donors (Lipinski definition) is 0. The molecule has 0 saturated heterocycles. The van der Waals surface area contributed by atoms with E-state index >= 15 is 0 Å². The monoisotopic (exact) mass is 340 g/mol. The number of ether oxygens (including phenoxy) is 1. The van der Waals surface area contributed by atoms with Gasteiger partial charge in [0, 0.05) is 0 Å². The van der Waals surface area contributed by atoms with E-state index in [9.17, 15) is 13.6 Å². The zero-order valence-electron chi connectivity index (χ0n) is 9.11. The van der Waals surface area contributed by atoms with Crippen molar-refractivity contribution in [3.05, 3.63) is 32.9 Å². The normalized spacial score (nSPS) is 11.4. The molecule has 0 spiro atoms. The van der Waals surface area contributed by atoms with Gasteiger partial charge in [-0.2, -0.15) is 0 Å². The van der Waals surface area contributed by atoms with Crippen molar-refractivity contribution in [3.63, 3.8) is 0 Å². The first-order chi connectivity index (χ1) is 7.22. The Balaban J connectivity index is 3.06. The van der Waals surface area contributed by atoms with Crippen LogP contribution in [0.4, 0.5) is 8.78 Å². The zero-order valence-corrected chi connectivity index (χ0v) is 11.3. The van der Waals surface area contributed by atoms with Crippen LogP contribution in [0.1, 0.15) is 31.1 Å². The molecular weight excluding hydrogens is 329 g/mol. The van der Waals surface area contributed by atoms with Gasteiger partial charge in [-0.25, -0.2) is 13.6 Å². The summed E-state index contributed by atoms with van der Waals surface area (Å²) >= 11 is 1.51. The largest absolute Gasteiger partial charge is 0.456 e. The van der Waals surface area contributed by atoms with Gasteiger partial charge in [-0.05, 0) is 55.5 Å². The van der Waals surface area contributed by atoms with Gasteiger partial charge in [0.25, 0.3) is 0 Å². The van der Waals surface area contributed by atoms with Crippen molar-refractivity contribution < 1.29 is 18.3 Å². The second-order valence-electron chi connectivity index (χ2n) is 4.22. The molecule has 0 atom stereocenters. The number of carbonyl (C=O) groups is 1. The molecule has 88 valence electrons. The van der Waals surface area contributed by atoms with Crippen molar-refractivity contribution in [3.8, 4) is 0 Å². The van der Waals surface area contributed by atoms with Crippen molar-refractivity contribution in [2.75, 3.05) is 0 Å². The van der Waals surface area contributed by atoms with Crippen LogP contribution in [0, 0.1) is 15.2 Å². The van der Waals surface area contributed by atoms with E-state index < -0.39 is 23.2 Å². The van der Waals surface area contributed by atoms with E-state index in [4.69, 9.17) is 4.74 Å². The summed E-state index contributed by atoms with van der Waals surface area (Å²) in [5.41, 5.74) is -0.954. The minimum atomic E-state index is -0.880. The Morgan fingerprint density at radius 1 is 1.31 bits per heavy atom. The molecule has 0 N–H and O–H groups in total. The minimum absolute atomic E-state index is 0.207. The fourth-order valence-electron chi connectivity index (χ4n) is 1.02. The maximum atomic E-state index is 13.5. The highest BCUT2D eigenvalue weighted by atomic mass is 127. The molecule has 0 aromatic heterocycles. The molecule has 0 saturated carbocycles. The lowest BCUT2D eigenvalue weighted by atomic mass is 10.1. The van der Waals surface area contributed by atoms with E-state index in [0.717, 1.165) is 12.1 Å². The zero-order chi connectivity index (χ0) is 12.5. The molecule has 0 fully saturated rings. The highest BCUT2D eigenvalue weighted by Crippen LogP contribution is 2.21. The molecular formula is C11H11F2IO2. The fraction of sp³-hybridized carbons (Fsp3) is 0.364. The predicted octanol–water partition coefficient (Wildman–Crippen LogP) is 3.52. The van der Waals surface area contributed by atoms with Crippen LogP contribution in [0.15, 0.2) is 12.1 Å². The van der Waals surface area contributed by atoms with Crippen LogP contribution < -0.4 is 0 Å². The SMILES string of the molecule is CC(C)(C)OC(=O)c1ccc(F)c(I)c1F. The number of hydrogen-bond acceptors (Lipinski definition) is 2. The predicted molar refractivity (Wildman–Crippen MR) is 64.2 cm³/mol. The molecule has 1 aromatic rings. The minimum Gasteiger partial charge on any atom is -0.456 e. The molecule has 2 nitrogen and oxygen atoms in total. The topological polar surface area (TPSA) is 26.3 Å². The lowest BCUT2D eigenvalue weighted by molar-refractivity contribution is 0.00644. The van der Waals surface area contributed by atoms with Crippen molar-refractivity contribution >= 4 is 28.6 Å². The van der Waals surface area contributed by atoms with Crippen LogP contribution in [-0.2, 0) is 4.74 Å². The summed E-state index contributed by atoms with van der Waals surface area (Å²) in [5, 5.41) is 0. The van der Waals surface area contributed by atoms with E-state index in [2.05, 4.69) is 0 Å². The quantitative estimate of drug-likeness (QED) is 0.444. The molecule has 1 aromatic carbocycles. The molecule has 0 aliphatic heterocycles.